The van der Waals surface area contributed by atoms with Gasteiger partial charge in [-0.15, -0.1) is 11.3 Å². The van der Waals surface area contributed by atoms with Gasteiger partial charge in [-0.05, 0) is 55.4 Å². The Balaban J connectivity index is 1.27. The van der Waals surface area contributed by atoms with Crippen LogP contribution >= 0.6 is 11.3 Å². The lowest BCUT2D eigenvalue weighted by molar-refractivity contribution is -0.134. The molecule has 0 bridgehead atoms. The van der Waals surface area contributed by atoms with Crippen molar-refractivity contribution < 1.29 is 4.79 Å². The molecule has 1 amide bonds. The molecular formula is C23H31N3O2S. The molecule has 1 N–H and O–H groups in total. The zero-order valence-electron chi connectivity index (χ0n) is 17.3. The molecule has 0 unspecified atom stereocenters. The number of aromatic amines is 1. The van der Waals surface area contributed by atoms with Crippen molar-refractivity contribution in [1.29, 1.82) is 0 Å². The molecule has 0 radical (unpaired) electrons. The minimum Gasteiger partial charge on any atom is -0.342 e. The number of fused-ring (bicyclic) bond motifs is 4. The molecule has 0 spiro atoms. The summed E-state index contributed by atoms with van der Waals surface area (Å²) in [5.74, 6) is 3.10. The van der Waals surface area contributed by atoms with Gasteiger partial charge < -0.3 is 9.88 Å². The quantitative estimate of drug-likeness (QED) is 0.824. The molecule has 3 atom stereocenters. The van der Waals surface area contributed by atoms with Gasteiger partial charge in [-0.1, -0.05) is 26.2 Å². The maximum absolute atomic E-state index is 12.8. The number of aromatic nitrogens is 2. The van der Waals surface area contributed by atoms with Crippen LogP contribution in [0.5, 0.6) is 0 Å². The first kappa shape index (κ1) is 19.3. The Morgan fingerprint density at radius 1 is 1.21 bits per heavy atom. The van der Waals surface area contributed by atoms with Gasteiger partial charge >= 0.3 is 0 Å². The monoisotopic (exact) mass is 413 g/mol. The second-order valence-corrected chi connectivity index (χ2v) is 10.6. The fraction of sp³-hybridized carbons (Fsp3) is 0.696. The van der Waals surface area contributed by atoms with E-state index in [-0.39, 0.29) is 11.5 Å². The Labute approximate surface area is 175 Å². The van der Waals surface area contributed by atoms with Crippen LogP contribution in [0.2, 0.25) is 0 Å². The first-order valence-electron chi connectivity index (χ1n) is 11.4. The Morgan fingerprint density at radius 2 is 2.03 bits per heavy atom. The topological polar surface area (TPSA) is 66.1 Å². The Morgan fingerprint density at radius 3 is 2.90 bits per heavy atom. The molecule has 1 aliphatic heterocycles. The van der Waals surface area contributed by atoms with Crippen molar-refractivity contribution in [1.82, 2.24) is 14.9 Å². The lowest BCUT2D eigenvalue weighted by Crippen LogP contribution is -2.44. The standard InChI is InChI=1S/C23H31N3O2S/c1-14-6-7-17-18(12-14)29-23-21(17)22(28)24-19(25-23)8-9-20(27)26-11-10-15-4-2-3-5-16(15)13-26/h14-16H,2-13H2,1H3,(H,24,25,28)/t14-,15-,16-/m1/s1. The van der Waals surface area contributed by atoms with Crippen LogP contribution in [0.4, 0.5) is 0 Å². The summed E-state index contributed by atoms with van der Waals surface area (Å²) in [6, 6.07) is 0. The summed E-state index contributed by atoms with van der Waals surface area (Å²) in [5.41, 5.74) is 1.20. The predicted octanol–water partition coefficient (Wildman–Crippen LogP) is 4.08. The molecule has 3 heterocycles. The summed E-state index contributed by atoms with van der Waals surface area (Å²) in [6.07, 6.45) is 10.6. The smallest absolute Gasteiger partial charge is 0.259 e. The Kier molecular flexibility index (Phi) is 5.23. The van der Waals surface area contributed by atoms with Gasteiger partial charge in [-0.25, -0.2) is 4.98 Å². The minimum atomic E-state index is -0.0208. The summed E-state index contributed by atoms with van der Waals surface area (Å²) in [5, 5.41) is 0.798. The van der Waals surface area contributed by atoms with E-state index in [9.17, 15) is 9.59 Å². The average Bonchev–Trinajstić information content (AvgIpc) is 3.09. The van der Waals surface area contributed by atoms with Crippen LogP contribution in [0.25, 0.3) is 10.2 Å². The number of aryl methyl sites for hydroxylation is 2. The van der Waals surface area contributed by atoms with Gasteiger partial charge in [0.05, 0.1) is 5.39 Å². The summed E-state index contributed by atoms with van der Waals surface area (Å²) < 4.78 is 0. The SMILES string of the molecule is C[C@@H]1CCc2c(sc3nc(CCC(=O)N4CC[C@H]5CCCC[C@@H]5C4)[nH]c(=O)c23)C1. The third-order valence-electron chi connectivity index (χ3n) is 7.43. The van der Waals surface area contributed by atoms with E-state index >= 15 is 0 Å². The van der Waals surface area contributed by atoms with Gasteiger partial charge in [0.2, 0.25) is 5.91 Å². The fourth-order valence-electron chi connectivity index (χ4n) is 5.72. The van der Waals surface area contributed by atoms with Crippen molar-refractivity contribution in [3.05, 3.63) is 26.6 Å². The van der Waals surface area contributed by atoms with Crippen molar-refractivity contribution >= 4 is 27.5 Å². The number of amides is 1. The maximum Gasteiger partial charge on any atom is 0.259 e. The molecule has 2 fully saturated rings. The number of nitrogens with one attached hydrogen (secondary N) is 1. The molecule has 1 saturated carbocycles. The van der Waals surface area contributed by atoms with Crippen molar-refractivity contribution in [2.45, 2.75) is 71.1 Å². The number of carbonyl (C=O) groups excluding carboxylic acids is 1. The number of nitrogens with zero attached hydrogens (tertiary/aromatic N) is 2. The number of likely N-dealkylation sites (tertiary alicyclic amines) is 1. The van der Waals surface area contributed by atoms with Gasteiger partial charge in [0.1, 0.15) is 10.7 Å². The third kappa shape index (κ3) is 3.76. The Hall–Kier alpha value is -1.69. The maximum atomic E-state index is 12.8. The van der Waals surface area contributed by atoms with Gasteiger partial charge in [-0.2, -0.15) is 0 Å². The number of carbonyl (C=O) groups is 1. The zero-order chi connectivity index (χ0) is 20.0. The molecule has 1 saturated heterocycles. The second kappa shape index (κ2) is 7.86. The molecule has 2 aliphatic carbocycles. The highest BCUT2D eigenvalue weighted by atomic mass is 32.1. The molecule has 2 aromatic heterocycles. The van der Waals surface area contributed by atoms with Crippen molar-refractivity contribution in [3.63, 3.8) is 0 Å². The van der Waals surface area contributed by atoms with E-state index in [2.05, 4.69) is 16.8 Å². The summed E-state index contributed by atoms with van der Waals surface area (Å²) in [6.45, 7) is 4.11. The number of H-pyrrole nitrogens is 1. The van der Waals surface area contributed by atoms with Crippen LogP contribution in [0, 0.1) is 17.8 Å². The van der Waals surface area contributed by atoms with E-state index in [0.717, 1.165) is 54.9 Å². The zero-order valence-corrected chi connectivity index (χ0v) is 18.2. The first-order chi connectivity index (χ1) is 14.1. The summed E-state index contributed by atoms with van der Waals surface area (Å²) >= 11 is 1.68. The van der Waals surface area contributed by atoms with E-state index in [0.29, 0.717) is 30.5 Å². The van der Waals surface area contributed by atoms with E-state index in [1.165, 1.54) is 36.1 Å². The number of hydrogen-bond donors (Lipinski definition) is 1. The Bertz CT molecular complexity index is 978. The highest BCUT2D eigenvalue weighted by Crippen LogP contribution is 2.37. The van der Waals surface area contributed by atoms with Crippen LogP contribution < -0.4 is 5.56 Å². The van der Waals surface area contributed by atoms with Crippen molar-refractivity contribution in [3.8, 4) is 0 Å². The van der Waals surface area contributed by atoms with Crippen LogP contribution in [0.15, 0.2) is 4.79 Å². The molecule has 0 aromatic carbocycles. The first-order valence-corrected chi connectivity index (χ1v) is 12.2. The highest BCUT2D eigenvalue weighted by Gasteiger charge is 2.32. The number of hydrogen-bond acceptors (Lipinski definition) is 4. The fourth-order valence-corrected chi connectivity index (χ4v) is 7.12. The van der Waals surface area contributed by atoms with Crippen molar-refractivity contribution in [2.24, 2.45) is 17.8 Å². The average molecular weight is 414 g/mol. The second-order valence-electron chi connectivity index (χ2n) is 9.48. The molecular weight excluding hydrogens is 382 g/mol. The van der Waals surface area contributed by atoms with Crippen LogP contribution in [-0.2, 0) is 24.1 Å². The number of thiophene rings is 1. The molecule has 29 heavy (non-hydrogen) atoms. The van der Waals surface area contributed by atoms with E-state index in [1.54, 1.807) is 11.3 Å². The molecule has 5 rings (SSSR count). The van der Waals surface area contributed by atoms with E-state index < -0.39 is 0 Å². The molecule has 6 heteroatoms. The lowest BCUT2D eigenvalue weighted by Gasteiger charge is -2.41. The van der Waals surface area contributed by atoms with Crippen LogP contribution in [0.3, 0.4) is 0 Å². The number of piperidine rings is 1. The molecule has 2 aromatic rings. The normalized spacial score (nSPS) is 26.9. The molecule has 156 valence electrons. The highest BCUT2D eigenvalue weighted by molar-refractivity contribution is 7.18. The van der Waals surface area contributed by atoms with Crippen LogP contribution in [0.1, 0.15) is 68.1 Å². The largest absolute Gasteiger partial charge is 0.342 e. The summed E-state index contributed by atoms with van der Waals surface area (Å²) in [4.78, 5) is 37.5. The van der Waals surface area contributed by atoms with Gasteiger partial charge in [0.15, 0.2) is 0 Å². The minimum absolute atomic E-state index is 0.0208. The predicted molar refractivity (Wildman–Crippen MR) is 116 cm³/mol. The molecule has 3 aliphatic rings. The number of rotatable bonds is 3. The third-order valence-corrected chi connectivity index (χ3v) is 8.58. The van der Waals surface area contributed by atoms with Gasteiger partial charge in [-0.3, -0.25) is 9.59 Å². The van der Waals surface area contributed by atoms with Crippen LogP contribution in [-0.4, -0.2) is 33.9 Å². The summed E-state index contributed by atoms with van der Waals surface area (Å²) in [7, 11) is 0. The van der Waals surface area contributed by atoms with E-state index in [4.69, 9.17) is 4.98 Å². The van der Waals surface area contributed by atoms with E-state index in [1.807, 2.05) is 0 Å². The molecule has 5 nitrogen and oxygen atoms in total. The van der Waals surface area contributed by atoms with Gasteiger partial charge in [0, 0.05) is 30.8 Å². The lowest BCUT2D eigenvalue weighted by atomic mass is 9.75. The van der Waals surface area contributed by atoms with Crippen molar-refractivity contribution in [2.75, 3.05) is 13.1 Å². The van der Waals surface area contributed by atoms with Gasteiger partial charge in [0.25, 0.3) is 5.56 Å².